The molecule has 7 heteroatoms. The predicted molar refractivity (Wildman–Crippen MR) is 76.9 cm³/mol. The number of hydrogen-bond donors (Lipinski definition) is 0. The van der Waals surface area contributed by atoms with Gasteiger partial charge in [0.25, 0.3) is 0 Å². The molecule has 0 amide bonds. The van der Waals surface area contributed by atoms with Crippen LogP contribution in [-0.4, -0.2) is 11.9 Å². The van der Waals surface area contributed by atoms with Crippen molar-refractivity contribution in [2.24, 2.45) is 10.9 Å². The molecule has 0 radical (unpaired) electrons. The fraction of sp³-hybridized carbons (Fsp3) is 0.375. The molecule has 0 N–H and O–H groups in total. The van der Waals surface area contributed by atoms with Crippen molar-refractivity contribution in [2.45, 2.75) is 33.4 Å². The van der Waals surface area contributed by atoms with Gasteiger partial charge in [0.1, 0.15) is 17.3 Å². The first kappa shape index (κ1) is 18.8. The van der Waals surface area contributed by atoms with Gasteiger partial charge in [-0.25, -0.2) is 13.8 Å². The molecule has 0 fully saturated rings. The maximum absolute atomic E-state index is 14.1. The Balaban J connectivity index is 3.61. The van der Waals surface area contributed by atoms with E-state index in [0.717, 1.165) is 25.1 Å². The first-order valence-electron chi connectivity index (χ1n) is 6.87. The molecule has 0 aliphatic rings. The quantitative estimate of drug-likeness (QED) is 0.556. The zero-order valence-corrected chi connectivity index (χ0v) is 12.8. The topological polar surface area (TPSA) is 36.1 Å². The molecule has 1 aromatic carbocycles. The number of rotatable bonds is 4. The van der Waals surface area contributed by atoms with E-state index in [1.165, 1.54) is 6.92 Å². The van der Waals surface area contributed by atoms with Gasteiger partial charge in [0, 0.05) is 0 Å². The fourth-order valence-corrected chi connectivity index (χ4v) is 1.91. The van der Waals surface area contributed by atoms with Crippen LogP contribution >= 0.6 is 0 Å². The van der Waals surface area contributed by atoms with Crippen LogP contribution in [-0.2, 0) is 0 Å². The number of hydrogen-bond acceptors (Lipinski definition) is 2. The molecule has 0 saturated carbocycles. The molecule has 0 aliphatic carbocycles. The maximum Gasteiger partial charge on any atom is 0.433 e. The second-order valence-corrected chi connectivity index (χ2v) is 4.90. The standard InChI is InChI=1S/C16H15F5N2/c1-4-9(3)15(23-13(5-2)16(19,20)21)14-11(17)6-10(8-22)7-12(14)18/h5-7,9H,4H2,1-3H3/b13-5-,23-15?. The minimum absolute atomic E-state index is 0.255. The van der Waals surface area contributed by atoms with Crippen molar-refractivity contribution >= 4 is 5.71 Å². The van der Waals surface area contributed by atoms with Crippen molar-refractivity contribution < 1.29 is 22.0 Å². The number of halogens is 5. The van der Waals surface area contributed by atoms with Crippen LogP contribution in [0.15, 0.2) is 28.9 Å². The molecular weight excluding hydrogens is 315 g/mol. The zero-order valence-electron chi connectivity index (χ0n) is 12.8. The van der Waals surface area contributed by atoms with Gasteiger partial charge in [-0.05, 0) is 31.4 Å². The van der Waals surface area contributed by atoms with Gasteiger partial charge >= 0.3 is 6.18 Å². The highest BCUT2D eigenvalue weighted by Gasteiger charge is 2.34. The summed E-state index contributed by atoms with van der Waals surface area (Å²) in [5.74, 6) is -2.83. The molecule has 23 heavy (non-hydrogen) atoms. The van der Waals surface area contributed by atoms with Gasteiger partial charge in [-0.15, -0.1) is 0 Å². The van der Waals surface area contributed by atoms with Gasteiger partial charge in [0.05, 0.1) is 22.9 Å². The van der Waals surface area contributed by atoms with Crippen LogP contribution in [0.2, 0.25) is 0 Å². The molecule has 1 aromatic rings. The van der Waals surface area contributed by atoms with Crippen LogP contribution in [0.25, 0.3) is 0 Å². The van der Waals surface area contributed by atoms with Crippen LogP contribution < -0.4 is 0 Å². The molecule has 0 bridgehead atoms. The number of alkyl halides is 3. The molecule has 2 nitrogen and oxygen atoms in total. The minimum Gasteiger partial charge on any atom is -0.248 e. The summed E-state index contributed by atoms with van der Waals surface area (Å²) in [6.07, 6.45) is -3.65. The maximum atomic E-state index is 14.1. The summed E-state index contributed by atoms with van der Waals surface area (Å²) in [4.78, 5) is 3.47. The molecular formula is C16H15F5N2. The van der Waals surface area contributed by atoms with E-state index in [1.807, 2.05) is 0 Å². The lowest BCUT2D eigenvalue weighted by atomic mass is 9.94. The van der Waals surface area contributed by atoms with E-state index in [4.69, 9.17) is 5.26 Å². The van der Waals surface area contributed by atoms with Crippen LogP contribution in [0.4, 0.5) is 22.0 Å². The Morgan fingerprint density at radius 2 is 1.83 bits per heavy atom. The largest absolute Gasteiger partial charge is 0.433 e. The van der Waals surface area contributed by atoms with Gasteiger partial charge in [-0.3, -0.25) is 0 Å². The summed E-state index contributed by atoms with van der Waals surface area (Å²) in [5.41, 5.74) is -2.45. The lowest BCUT2D eigenvalue weighted by molar-refractivity contribution is -0.0924. The first-order valence-corrected chi connectivity index (χ1v) is 6.87. The van der Waals surface area contributed by atoms with Gasteiger partial charge in [-0.2, -0.15) is 18.4 Å². The third kappa shape index (κ3) is 4.38. The van der Waals surface area contributed by atoms with Crippen LogP contribution in [0, 0.1) is 28.9 Å². The molecule has 1 unspecified atom stereocenters. The van der Waals surface area contributed by atoms with Gasteiger partial charge in [-0.1, -0.05) is 19.9 Å². The Kier molecular flexibility index (Phi) is 6.02. The third-order valence-electron chi connectivity index (χ3n) is 3.31. The molecule has 1 rings (SSSR count). The highest BCUT2D eigenvalue weighted by molar-refractivity contribution is 6.03. The molecule has 0 saturated heterocycles. The average molecular weight is 330 g/mol. The van der Waals surface area contributed by atoms with E-state index in [1.54, 1.807) is 13.0 Å². The fourth-order valence-electron chi connectivity index (χ4n) is 1.91. The molecule has 1 atom stereocenters. The Bertz CT molecular complexity index is 658. The zero-order chi connectivity index (χ0) is 17.8. The first-order chi connectivity index (χ1) is 10.6. The average Bonchev–Trinajstić information content (AvgIpc) is 2.47. The van der Waals surface area contributed by atoms with Gasteiger partial charge < -0.3 is 0 Å². The number of allylic oxidation sites excluding steroid dienone is 2. The highest BCUT2D eigenvalue weighted by Crippen LogP contribution is 2.29. The predicted octanol–water partition coefficient (Wildman–Crippen LogP) is 5.14. The number of aliphatic imine (C=N–C) groups is 1. The second-order valence-electron chi connectivity index (χ2n) is 4.90. The van der Waals surface area contributed by atoms with E-state index in [2.05, 4.69) is 4.99 Å². The lowest BCUT2D eigenvalue weighted by Crippen LogP contribution is -2.19. The third-order valence-corrected chi connectivity index (χ3v) is 3.31. The van der Waals surface area contributed by atoms with Crippen LogP contribution in [0.5, 0.6) is 0 Å². The molecule has 0 heterocycles. The Morgan fingerprint density at radius 1 is 1.30 bits per heavy atom. The Morgan fingerprint density at radius 3 is 2.17 bits per heavy atom. The van der Waals surface area contributed by atoms with Crippen molar-refractivity contribution in [1.29, 1.82) is 5.26 Å². The lowest BCUT2D eigenvalue weighted by Gasteiger charge is -2.17. The Hall–Kier alpha value is -2.23. The van der Waals surface area contributed by atoms with Crippen molar-refractivity contribution in [2.75, 3.05) is 0 Å². The molecule has 124 valence electrons. The van der Waals surface area contributed by atoms with E-state index < -0.39 is 35.0 Å². The molecule has 0 spiro atoms. The van der Waals surface area contributed by atoms with Gasteiger partial charge in [0.15, 0.2) is 0 Å². The molecule has 0 aliphatic heterocycles. The van der Waals surface area contributed by atoms with Gasteiger partial charge in [0.2, 0.25) is 0 Å². The van der Waals surface area contributed by atoms with Crippen molar-refractivity contribution in [3.63, 3.8) is 0 Å². The Labute approximate surface area is 131 Å². The SMILES string of the molecule is C/C=C(\N=C(c1c(F)cc(C#N)cc1F)C(C)CC)C(F)(F)F. The second kappa shape index (κ2) is 7.36. The summed E-state index contributed by atoms with van der Waals surface area (Å²) in [6, 6.07) is 3.14. The number of nitriles is 1. The van der Waals surface area contributed by atoms with E-state index in [9.17, 15) is 22.0 Å². The van der Waals surface area contributed by atoms with Crippen LogP contribution in [0.1, 0.15) is 38.3 Å². The summed E-state index contributed by atoms with van der Waals surface area (Å²) in [7, 11) is 0. The minimum atomic E-state index is -4.73. The monoisotopic (exact) mass is 330 g/mol. The van der Waals surface area contributed by atoms with Crippen molar-refractivity contribution in [3.05, 3.63) is 46.7 Å². The van der Waals surface area contributed by atoms with E-state index in [-0.39, 0.29) is 11.3 Å². The summed E-state index contributed by atoms with van der Waals surface area (Å²) < 4.78 is 66.9. The van der Waals surface area contributed by atoms with E-state index in [0.29, 0.717) is 6.42 Å². The van der Waals surface area contributed by atoms with Crippen molar-refractivity contribution in [1.82, 2.24) is 0 Å². The summed E-state index contributed by atoms with van der Waals surface area (Å²) in [5, 5.41) is 8.69. The summed E-state index contributed by atoms with van der Waals surface area (Å²) >= 11 is 0. The smallest absolute Gasteiger partial charge is 0.248 e. The van der Waals surface area contributed by atoms with Crippen molar-refractivity contribution in [3.8, 4) is 6.07 Å². The van der Waals surface area contributed by atoms with Crippen LogP contribution in [0.3, 0.4) is 0 Å². The number of benzene rings is 1. The normalized spacial score (nSPS) is 14.6. The number of nitrogens with zero attached hydrogens (tertiary/aromatic N) is 2. The molecule has 0 aromatic heterocycles. The summed E-state index contributed by atoms with van der Waals surface area (Å²) in [6.45, 7) is 4.34. The van der Waals surface area contributed by atoms with E-state index >= 15 is 0 Å². The highest BCUT2D eigenvalue weighted by atomic mass is 19.4.